The van der Waals surface area contributed by atoms with Gasteiger partial charge in [-0.15, -0.1) is 0 Å². The van der Waals surface area contributed by atoms with Crippen molar-refractivity contribution in [2.75, 3.05) is 0 Å². The summed E-state index contributed by atoms with van der Waals surface area (Å²) in [5.74, 6) is -0.605. The van der Waals surface area contributed by atoms with Crippen LogP contribution >= 0.6 is 0 Å². The van der Waals surface area contributed by atoms with Gasteiger partial charge in [0, 0.05) is 34.3 Å². The van der Waals surface area contributed by atoms with E-state index in [0.717, 1.165) is 19.3 Å². The van der Waals surface area contributed by atoms with Crippen molar-refractivity contribution in [1.29, 1.82) is 5.26 Å². The van der Waals surface area contributed by atoms with Crippen LogP contribution in [0.3, 0.4) is 0 Å². The second-order valence-electron chi connectivity index (χ2n) is 9.27. The number of rotatable bonds is 6. The quantitative estimate of drug-likeness (QED) is 0.410. The van der Waals surface area contributed by atoms with Crippen LogP contribution in [0, 0.1) is 17.1 Å². The third-order valence-electron chi connectivity index (χ3n) is 7.17. The number of sulfonamides is 1. The highest BCUT2D eigenvalue weighted by molar-refractivity contribution is 7.90. The Labute approximate surface area is 200 Å². The summed E-state index contributed by atoms with van der Waals surface area (Å²) in [4.78, 5) is 0. The zero-order valence-electron chi connectivity index (χ0n) is 18.6. The maximum atomic E-state index is 14.7. The average molecular weight is 506 g/mol. The van der Waals surface area contributed by atoms with Crippen LogP contribution in [0.15, 0.2) is 42.6 Å². The van der Waals surface area contributed by atoms with Gasteiger partial charge in [-0.3, -0.25) is 0 Å². The Balaban J connectivity index is 1.67. The summed E-state index contributed by atoms with van der Waals surface area (Å²) in [6, 6.07) is 8.18. The van der Waals surface area contributed by atoms with Gasteiger partial charge in [-0.2, -0.15) is 23.2 Å². The molecular weight excluding hydrogens is 482 g/mol. The molecule has 0 radical (unpaired) electrons. The number of halogens is 4. The monoisotopic (exact) mass is 505 g/mol. The molecule has 35 heavy (non-hydrogen) atoms. The van der Waals surface area contributed by atoms with Crippen LogP contribution in [0.1, 0.15) is 61.7 Å². The van der Waals surface area contributed by atoms with E-state index in [1.165, 1.54) is 36.5 Å². The first-order chi connectivity index (χ1) is 16.6. The van der Waals surface area contributed by atoms with Crippen LogP contribution in [0.2, 0.25) is 0 Å². The average Bonchev–Trinajstić information content (AvgIpc) is 3.06. The summed E-state index contributed by atoms with van der Waals surface area (Å²) in [6.45, 7) is 0. The van der Waals surface area contributed by atoms with Crippen molar-refractivity contribution in [2.45, 2.75) is 62.0 Å². The number of nitrogens with one attached hydrogen (secondary N) is 1. The van der Waals surface area contributed by atoms with Crippen LogP contribution in [-0.4, -0.2) is 24.4 Å². The summed E-state index contributed by atoms with van der Waals surface area (Å²) in [5, 5.41) is 8.87. The van der Waals surface area contributed by atoms with Crippen LogP contribution in [0.4, 0.5) is 17.6 Å². The highest BCUT2D eigenvalue weighted by Gasteiger charge is 2.47. The van der Waals surface area contributed by atoms with Crippen molar-refractivity contribution in [3.63, 3.8) is 0 Å². The molecule has 1 atom stereocenters. The zero-order chi connectivity index (χ0) is 25.0. The third kappa shape index (κ3) is 4.21. The van der Waals surface area contributed by atoms with Crippen molar-refractivity contribution < 1.29 is 26.0 Å². The minimum Gasteiger partial charge on any atom is -0.344 e. The highest BCUT2D eigenvalue weighted by Crippen LogP contribution is 2.43. The fourth-order valence-corrected chi connectivity index (χ4v) is 6.53. The van der Waals surface area contributed by atoms with E-state index in [-0.39, 0.29) is 28.1 Å². The van der Waals surface area contributed by atoms with Crippen molar-refractivity contribution in [3.8, 4) is 17.2 Å². The molecule has 0 aliphatic heterocycles. The van der Waals surface area contributed by atoms with E-state index in [1.54, 1.807) is 10.6 Å². The minimum atomic E-state index is -4.85. The van der Waals surface area contributed by atoms with E-state index in [9.17, 15) is 31.2 Å². The predicted molar refractivity (Wildman–Crippen MR) is 123 cm³/mol. The topological polar surface area (TPSA) is 74.9 Å². The standard InChI is InChI=1S/C25H23F4N3O2S/c26-21-9-1-4-16(13-30)23(21)15-10-11-19-20(14-32(22(19)12-15)17-5-2-6-17)24(25(27,28)29)31-35(33,34)18-7-3-8-18/h1,4,9-12,14,17-18,24,31H,2-3,5-8H2/t24-/m0/s1. The van der Waals surface area contributed by atoms with Crippen molar-refractivity contribution in [3.05, 3.63) is 59.5 Å². The summed E-state index contributed by atoms with van der Waals surface area (Å²) in [7, 11) is -4.16. The van der Waals surface area contributed by atoms with Crippen molar-refractivity contribution >= 4 is 20.9 Å². The van der Waals surface area contributed by atoms with Gasteiger partial charge in [0.05, 0.1) is 16.9 Å². The van der Waals surface area contributed by atoms with Gasteiger partial charge < -0.3 is 4.57 Å². The van der Waals surface area contributed by atoms with Crippen molar-refractivity contribution in [1.82, 2.24) is 9.29 Å². The molecule has 2 aliphatic rings. The van der Waals surface area contributed by atoms with Gasteiger partial charge in [0.25, 0.3) is 0 Å². The normalized spacial score (nSPS) is 18.1. The number of nitrogens with zero attached hydrogens (tertiary/aromatic N) is 2. The van der Waals surface area contributed by atoms with Gasteiger partial charge >= 0.3 is 6.18 Å². The molecular formula is C25H23F4N3O2S. The van der Waals surface area contributed by atoms with Gasteiger partial charge in [-0.1, -0.05) is 24.6 Å². The second-order valence-corrected chi connectivity index (χ2v) is 11.3. The molecule has 3 aromatic rings. The number of benzene rings is 2. The molecule has 0 spiro atoms. The van der Waals surface area contributed by atoms with E-state index < -0.39 is 33.3 Å². The molecule has 1 aromatic heterocycles. The lowest BCUT2D eigenvalue weighted by atomic mass is 9.92. The Morgan fingerprint density at radius 2 is 1.80 bits per heavy atom. The summed E-state index contributed by atoms with van der Waals surface area (Å²) in [6.07, 6.45) is 0.380. The predicted octanol–water partition coefficient (Wildman–Crippen LogP) is 6.12. The molecule has 184 valence electrons. The van der Waals surface area contributed by atoms with Crippen LogP contribution in [0.25, 0.3) is 22.0 Å². The molecule has 1 heterocycles. The van der Waals surface area contributed by atoms with E-state index in [1.807, 2.05) is 10.8 Å². The van der Waals surface area contributed by atoms with Gasteiger partial charge in [-0.25, -0.2) is 12.8 Å². The van der Waals surface area contributed by atoms with E-state index in [4.69, 9.17) is 0 Å². The Morgan fingerprint density at radius 3 is 2.37 bits per heavy atom. The fraction of sp³-hybridized carbons (Fsp3) is 0.400. The first-order valence-corrected chi connectivity index (χ1v) is 13.1. The van der Waals surface area contributed by atoms with Gasteiger partial charge in [0.15, 0.2) is 0 Å². The molecule has 0 bridgehead atoms. The number of fused-ring (bicyclic) bond motifs is 1. The number of aromatic nitrogens is 1. The minimum absolute atomic E-state index is 0.0327. The molecule has 0 amide bonds. The number of hydrogen-bond acceptors (Lipinski definition) is 3. The van der Waals surface area contributed by atoms with Gasteiger partial charge in [-0.05, 0) is 55.9 Å². The molecule has 5 nitrogen and oxygen atoms in total. The van der Waals surface area contributed by atoms with Gasteiger partial charge in [0.2, 0.25) is 10.0 Å². The Morgan fingerprint density at radius 1 is 1.09 bits per heavy atom. The number of hydrogen-bond donors (Lipinski definition) is 1. The van der Waals surface area contributed by atoms with Crippen LogP contribution < -0.4 is 4.72 Å². The fourth-order valence-electron chi connectivity index (χ4n) is 4.79. The number of nitriles is 1. The Kier molecular flexibility index (Phi) is 5.88. The lowest BCUT2D eigenvalue weighted by Crippen LogP contribution is -2.44. The van der Waals surface area contributed by atoms with Crippen LogP contribution in [0.5, 0.6) is 0 Å². The smallest absolute Gasteiger partial charge is 0.344 e. The maximum Gasteiger partial charge on any atom is 0.408 e. The molecule has 5 rings (SSSR count). The summed E-state index contributed by atoms with van der Waals surface area (Å²) < 4.78 is 86.3. The molecule has 2 saturated carbocycles. The highest BCUT2D eigenvalue weighted by atomic mass is 32.2. The third-order valence-corrected chi connectivity index (χ3v) is 9.08. The van der Waals surface area contributed by atoms with Crippen LogP contribution in [-0.2, 0) is 10.0 Å². The molecule has 10 heteroatoms. The first-order valence-electron chi connectivity index (χ1n) is 11.5. The molecule has 1 N–H and O–H groups in total. The molecule has 0 unspecified atom stereocenters. The van der Waals surface area contributed by atoms with Gasteiger partial charge in [0.1, 0.15) is 11.9 Å². The lowest BCUT2D eigenvalue weighted by molar-refractivity contribution is -0.152. The largest absolute Gasteiger partial charge is 0.408 e. The SMILES string of the molecule is N#Cc1cccc(F)c1-c1ccc2c([C@H](NS(=O)(=O)C3CCC3)C(F)(F)F)cn(C3CCC3)c2c1. The lowest BCUT2D eigenvalue weighted by Gasteiger charge is -2.29. The summed E-state index contributed by atoms with van der Waals surface area (Å²) in [5.41, 5.74) is 0.843. The second kappa shape index (κ2) is 8.64. The molecule has 2 aromatic carbocycles. The summed E-state index contributed by atoms with van der Waals surface area (Å²) >= 11 is 0. The maximum absolute atomic E-state index is 14.7. The molecule has 0 saturated heterocycles. The Bertz CT molecular complexity index is 1430. The number of alkyl halides is 3. The first kappa shape index (κ1) is 23.8. The molecule has 2 aliphatic carbocycles. The molecule has 2 fully saturated rings. The Hall–Kier alpha value is -2.90. The van der Waals surface area contributed by atoms with E-state index in [0.29, 0.717) is 30.3 Å². The van der Waals surface area contributed by atoms with Crippen molar-refractivity contribution in [2.24, 2.45) is 0 Å². The zero-order valence-corrected chi connectivity index (χ0v) is 19.5. The van der Waals surface area contributed by atoms with E-state index in [2.05, 4.69) is 0 Å². The van der Waals surface area contributed by atoms with E-state index >= 15 is 0 Å².